The molecule has 1 N–H and O–H groups in total. The molecule has 1 amide bonds. The number of thioether (sulfide) groups is 1. The summed E-state index contributed by atoms with van der Waals surface area (Å²) in [6, 6.07) is 6.84. The van der Waals surface area contributed by atoms with E-state index in [1.807, 2.05) is 31.4 Å². The molecule has 1 heterocycles. The van der Waals surface area contributed by atoms with Crippen molar-refractivity contribution in [1.29, 1.82) is 0 Å². The molecule has 0 saturated carbocycles. The van der Waals surface area contributed by atoms with Gasteiger partial charge in [-0.2, -0.15) is 4.31 Å². The molecule has 184 valence electrons. The molecule has 10 heteroatoms. The van der Waals surface area contributed by atoms with Crippen molar-refractivity contribution in [2.24, 2.45) is 11.8 Å². The standard InChI is InChI=1S/C23H37N5O3S2/c1-8-27(9-2)33(30,31)20-12-10-11-19(13-20)21-25-26-23(28(21)15-17(5)6)32-18(7)22(29)24-14-16(3)4/h10-13,16-18H,8-9,14-15H2,1-7H3,(H,24,29). The van der Waals surface area contributed by atoms with Gasteiger partial charge in [0.25, 0.3) is 0 Å². The van der Waals surface area contributed by atoms with Crippen molar-refractivity contribution in [2.75, 3.05) is 19.6 Å². The molecule has 0 spiro atoms. The topological polar surface area (TPSA) is 97.2 Å². The maximum Gasteiger partial charge on any atom is 0.243 e. The molecular formula is C23H37N5O3S2. The molecule has 2 aromatic rings. The molecule has 0 aliphatic carbocycles. The predicted octanol–water partition coefficient (Wildman–Crippen LogP) is 3.88. The monoisotopic (exact) mass is 495 g/mol. The number of rotatable bonds is 12. The molecule has 0 fully saturated rings. The van der Waals surface area contributed by atoms with Gasteiger partial charge in [-0.05, 0) is 30.9 Å². The fraction of sp³-hybridized carbons (Fsp3) is 0.609. The summed E-state index contributed by atoms with van der Waals surface area (Å²) >= 11 is 1.36. The van der Waals surface area contributed by atoms with Crippen LogP contribution in [-0.4, -0.2) is 58.3 Å². The Kier molecular flexibility index (Phi) is 9.93. The van der Waals surface area contributed by atoms with E-state index in [2.05, 4.69) is 43.2 Å². The lowest BCUT2D eigenvalue weighted by atomic mass is 10.2. The van der Waals surface area contributed by atoms with Crippen LogP contribution in [0.3, 0.4) is 0 Å². The van der Waals surface area contributed by atoms with E-state index in [4.69, 9.17) is 0 Å². The predicted molar refractivity (Wildman–Crippen MR) is 134 cm³/mol. The summed E-state index contributed by atoms with van der Waals surface area (Å²) in [5, 5.41) is 12.0. The number of hydrogen-bond donors (Lipinski definition) is 1. The third-order valence-electron chi connectivity index (χ3n) is 5.04. The summed E-state index contributed by atoms with van der Waals surface area (Å²) in [6.45, 7) is 15.9. The lowest BCUT2D eigenvalue weighted by Crippen LogP contribution is -2.33. The van der Waals surface area contributed by atoms with E-state index in [1.54, 1.807) is 18.2 Å². The van der Waals surface area contributed by atoms with E-state index < -0.39 is 10.0 Å². The highest BCUT2D eigenvalue weighted by atomic mass is 32.2. The number of sulfonamides is 1. The number of benzene rings is 1. The second-order valence-corrected chi connectivity index (χ2v) is 12.1. The Morgan fingerprint density at radius 2 is 1.76 bits per heavy atom. The zero-order valence-corrected chi connectivity index (χ0v) is 22.3. The van der Waals surface area contributed by atoms with Crippen LogP contribution in [0.5, 0.6) is 0 Å². The highest BCUT2D eigenvalue weighted by Gasteiger charge is 2.24. The average molecular weight is 496 g/mol. The molecule has 1 aromatic heterocycles. The number of amides is 1. The van der Waals surface area contributed by atoms with E-state index in [1.165, 1.54) is 16.1 Å². The lowest BCUT2D eigenvalue weighted by Gasteiger charge is -2.19. The number of nitrogens with zero attached hydrogens (tertiary/aromatic N) is 4. The molecule has 2 rings (SSSR count). The fourth-order valence-electron chi connectivity index (χ4n) is 3.29. The maximum absolute atomic E-state index is 13.0. The highest BCUT2D eigenvalue weighted by molar-refractivity contribution is 8.00. The van der Waals surface area contributed by atoms with Gasteiger partial charge in [-0.1, -0.05) is 65.4 Å². The average Bonchev–Trinajstić information content (AvgIpc) is 3.14. The third kappa shape index (κ3) is 7.04. The minimum atomic E-state index is -3.59. The molecule has 0 bridgehead atoms. The van der Waals surface area contributed by atoms with E-state index in [-0.39, 0.29) is 16.1 Å². The largest absolute Gasteiger partial charge is 0.355 e. The van der Waals surface area contributed by atoms with Gasteiger partial charge >= 0.3 is 0 Å². The minimum Gasteiger partial charge on any atom is -0.355 e. The van der Waals surface area contributed by atoms with Gasteiger partial charge in [0.2, 0.25) is 15.9 Å². The van der Waals surface area contributed by atoms with Crippen LogP contribution in [0.15, 0.2) is 34.3 Å². The smallest absolute Gasteiger partial charge is 0.243 e. The summed E-state index contributed by atoms with van der Waals surface area (Å²) in [6.07, 6.45) is 0. The quantitative estimate of drug-likeness (QED) is 0.449. The van der Waals surface area contributed by atoms with Gasteiger partial charge in [0.1, 0.15) is 0 Å². The first-order chi connectivity index (χ1) is 15.5. The number of carbonyl (C=O) groups is 1. The molecule has 33 heavy (non-hydrogen) atoms. The second kappa shape index (κ2) is 12.0. The van der Waals surface area contributed by atoms with Crippen LogP contribution < -0.4 is 5.32 Å². The number of nitrogens with one attached hydrogen (secondary N) is 1. The molecule has 1 unspecified atom stereocenters. The van der Waals surface area contributed by atoms with Gasteiger partial charge in [-0.3, -0.25) is 4.79 Å². The molecule has 0 saturated heterocycles. The van der Waals surface area contributed by atoms with Crippen molar-refractivity contribution < 1.29 is 13.2 Å². The molecule has 8 nitrogen and oxygen atoms in total. The van der Waals surface area contributed by atoms with Crippen molar-refractivity contribution in [3.05, 3.63) is 24.3 Å². The SMILES string of the molecule is CCN(CC)S(=O)(=O)c1cccc(-c2nnc(SC(C)C(=O)NCC(C)C)n2CC(C)C)c1. The summed E-state index contributed by atoms with van der Waals surface area (Å²) in [4.78, 5) is 12.7. The van der Waals surface area contributed by atoms with E-state index >= 15 is 0 Å². The Morgan fingerprint density at radius 1 is 1.09 bits per heavy atom. The first-order valence-corrected chi connectivity index (χ1v) is 13.8. The lowest BCUT2D eigenvalue weighted by molar-refractivity contribution is -0.120. The fourth-order valence-corrected chi connectivity index (χ4v) is 5.67. The molecule has 1 aromatic carbocycles. The zero-order valence-electron chi connectivity index (χ0n) is 20.7. The van der Waals surface area contributed by atoms with Gasteiger partial charge in [-0.15, -0.1) is 10.2 Å². The third-order valence-corrected chi connectivity index (χ3v) is 8.16. The number of carbonyl (C=O) groups excluding carboxylic acids is 1. The summed E-state index contributed by atoms with van der Waals surface area (Å²) in [7, 11) is -3.59. The van der Waals surface area contributed by atoms with Crippen molar-refractivity contribution in [3.8, 4) is 11.4 Å². The van der Waals surface area contributed by atoms with Crippen LogP contribution in [-0.2, 0) is 21.4 Å². The van der Waals surface area contributed by atoms with Gasteiger partial charge in [0.05, 0.1) is 10.1 Å². The van der Waals surface area contributed by atoms with Crippen molar-refractivity contribution in [2.45, 2.75) is 70.3 Å². The maximum atomic E-state index is 13.0. The van der Waals surface area contributed by atoms with Gasteiger partial charge in [0.15, 0.2) is 11.0 Å². The first-order valence-electron chi connectivity index (χ1n) is 11.5. The Morgan fingerprint density at radius 3 is 2.33 bits per heavy atom. The van der Waals surface area contributed by atoms with Crippen LogP contribution in [0.1, 0.15) is 48.5 Å². The van der Waals surface area contributed by atoms with Crippen molar-refractivity contribution in [3.63, 3.8) is 0 Å². The summed E-state index contributed by atoms with van der Waals surface area (Å²) in [5.41, 5.74) is 0.681. The summed E-state index contributed by atoms with van der Waals surface area (Å²) < 4.78 is 29.4. The van der Waals surface area contributed by atoms with E-state index in [0.717, 1.165) is 0 Å². The number of hydrogen-bond acceptors (Lipinski definition) is 6. The number of aromatic nitrogens is 3. The molecule has 0 aliphatic rings. The van der Waals surface area contributed by atoms with Crippen LogP contribution in [0.4, 0.5) is 0 Å². The van der Waals surface area contributed by atoms with Gasteiger partial charge in [0, 0.05) is 31.7 Å². The van der Waals surface area contributed by atoms with E-state index in [0.29, 0.717) is 54.6 Å². The van der Waals surface area contributed by atoms with Crippen LogP contribution in [0.2, 0.25) is 0 Å². The van der Waals surface area contributed by atoms with Gasteiger partial charge < -0.3 is 9.88 Å². The van der Waals surface area contributed by atoms with E-state index in [9.17, 15) is 13.2 Å². The zero-order chi connectivity index (χ0) is 24.8. The highest BCUT2D eigenvalue weighted by Crippen LogP contribution is 2.29. The minimum absolute atomic E-state index is 0.0401. The first kappa shape index (κ1) is 27.3. The Bertz CT molecular complexity index is 1030. The Hall–Kier alpha value is -1.91. The van der Waals surface area contributed by atoms with Gasteiger partial charge in [-0.25, -0.2) is 8.42 Å². The van der Waals surface area contributed by atoms with Crippen molar-refractivity contribution >= 4 is 27.7 Å². The van der Waals surface area contributed by atoms with Crippen LogP contribution in [0.25, 0.3) is 11.4 Å². The van der Waals surface area contributed by atoms with Crippen LogP contribution >= 0.6 is 11.8 Å². The Labute approximate surface area is 202 Å². The van der Waals surface area contributed by atoms with Crippen molar-refractivity contribution in [1.82, 2.24) is 24.4 Å². The second-order valence-electron chi connectivity index (χ2n) is 8.83. The normalized spacial score (nSPS) is 13.2. The van der Waals surface area contributed by atoms with Crippen LogP contribution in [0, 0.1) is 11.8 Å². The molecular weight excluding hydrogens is 458 g/mol. The molecule has 1 atom stereocenters. The molecule has 0 radical (unpaired) electrons. The Balaban J connectivity index is 2.40. The molecule has 0 aliphatic heterocycles. The summed E-state index contributed by atoms with van der Waals surface area (Å²) in [5.74, 6) is 1.24.